The van der Waals surface area contributed by atoms with Gasteiger partial charge in [-0.3, -0.25) is 19.7 Å². The number of amides is 2. The van der Waals surface area contributed by atoms with Crippen molar-refractivity contribution in [3.8, 4) is 0 Å². The predicted octanol–water partition coefficient (Wildman–Crippen LogP) is 1.64. The molecule has 1 rings (SSSR count). The predicted molar refractivity (Wildman–Crippen MR) is 94.7 cm³/mol. The van der Waals surface area contributed by atoms with Gasteiger partial charge in [-0.1, -0.05) is 19.4 Å². The van der Waals surface area contributed by atoms with E-state index in [0.29, 0.717) is 30.6 Å². The maximum atomic E-state index is 11.9. The van der Waals surface area contributed by atoms with Crippen molar-refractivity contribution in [2.24, 2.45) is 0 Å². The third kappa shape index (κ3) is 7.43. The Hall–Kier alpha value is -2.12. The second kappa shape index (κ2) is 11.4. The van der Waals surface area contributed by atoms with Crippen LogP contribution in [0.15, 0.2) is 24.3 Å². The van der Waals surface area contributed by atoms with E-state index in [1.54, 1.807) is 24.3 Å². The molecule has 8 heteroatoms. The maximum absolute atomic E-state index is 11.9. The van der Waals surface area contributed by atoms with E-state index in [1.165, 1.54) is 0 Å². The van der Waals surface area contributed by atoms with Gasteiger partial charge in [-0.05, 0) is 31.5 Å². The van der Waals surface area contributed by atoms with Crippen molar-refractivity contribution in [1.82, 2.24) is 10.6 Å². The fraction of sp³-hybridized carbons (Fsp3) is 0.438. The lowest BCUT2D eigenvalue weighted by Gasteiger charge is -2.13. The average Bonchev–Trinajstić information content (AvgIpc) is 2.51. The minimum Gasteiger partial charge on any atom is -0.480 e. The van der Waals surface area contributed by atoms with Crippen LogP contribution in [-0.2, 0) is 9.59 Å². The zero-order chi connectivity index (χ0) is 17.2. The van der Waals surface area contributed by atoms with Crippen molar-refractivity contribution >= 4 is 35.9 Å². The highest BCUT2D eigenvalue weighted by Gasteiger charge is 2.16. The number of carboxylic acid groups (broad SMARTS) is 1. The van der Waals surface area contributed by atoms with Crippen LogP contribution in [0.25, 0.3) is 0 Å². The summed E-state index contributed by atoms with van der Waals surface area (Å²) >= 11 is 0. The van der Waals surface area contributed by atoms with Gasteiger partial charge >= 0.3 is 5.97 Å². The van der Waals surface area contributed by atoms with Gasteiger partial charge in [0.15, 0.2) is 0 Å². The lowest BCUT2D eigenvalue weighted by Crippen LogP contribution is -2.41. The van der Waals surface area contributed by atoms with Gasteiger partial charge in [-0.15, -0.1) is 12.4 Å². The Bertz CT molecular complexity index is 566. The number of halogens is 1. The van der Waals surface area contributed by atoms with E-state index in [2.05, 4.69) is 16.0 Å². The summed E-state index contributed by atoms with van der Waals surface area (Å²) in [7, 11) is 0. The molecule has 0 aliphatic rings. The summed E-state index contributed by atoms with van der Waals surface area (Å²) in [5.74, 6) is -1.55. The first-order chi connectivity index (χ1) is 11.0. The number of carbonyl (C=O) groups is 3. The summed E-state index contributed by atoms with van der Waals surface area (Å²) in [6.45, 7) is 4.12. The van der Waals surface area contributed by atoms with E-state index in [1.807, 2.05) is 13.8 Å². The fourth-order valence-electron chi connectivity index (χ4n) is 2.02. The number of benzene rings is 1. The van der Waals surface area contributed by atoms with Crippen molar-refractivity contribution in [2.75, 3.05) is 18.4 Å². The molecule has 0 aromatic heterocycles. The first-order valence-corrected chi connectivity index (χ1v) is 7.62. The lowest BCUT2D eigenvalue weighted by atomic mass is 10.1. The van der Waals surface area contributed by atoms with Crippen LogP contribution in [-0.4, -0.2) is 42.0 Å². The molecular formula is C16H24ClN3O4. The van der Waals surface area contributed by atoms with Crippen LogP contribution in [0.3, 0.4) is 0 Å². The molecule has 7 nitrogen and oxygen atoms in total. The fourth-order valence-corrected chi connectivity index (χ4v) is 2.02. The first kappa shape index (κ1) is 21.9. The van der Waals surface area contributed by atoms with Crippen LogP contribution in [0.5, 0.6) is 0 Å². The second-order valence-corrected chi connectivity index (χ2v) is 5.05. The Morgan fingerprint density at radius 3 is 2.50 bits per heavy atom. The molecule has 4 N–H and O–H groups in total. The highest BCUT2D eigenvalue weighted by Crippen LogP contribution is 2.10. The number of nitrogens with one attached hydrogen (secondary N) is 3. The normalized spacial score (nSPS) is 11.1. The van der Waals surface area contributed by atoms with Crippen LogP contribution in [0.1, 0.15) is 37.0 Å². The second-order valence-electron chi connectivity index (χ2n) is 5.05. The minimum absolute atomic E-state index is 0. The van der Waals surface area contributed by atoms with Crippen LogP contribution in [0.4, 0.5) is 5.69 Å². The summed E-state index contributed by atoms with van der Waals surface area (Å²) in [6, 6.07) is 5.82. The number of hydrogen-bond donors (Lipinski definition) is 4. The van der Waals surface area contributed by atoms with Gasteiger partial charge in [0.05, 0.1) is 6.54 Å². The zero-order valence-electron chi connectivity index (χ0n) is 13.8. The molecule has 24 heavy (non-hydrogen) atoms. The smallest absolute Gasteiger partial charge is 0.320 e. The largest absolute Gasteiger partial charge is 0.480 e. The molecule has 1 aromatic rings. The molecule has 0 saturated carbocycles. The third-order valence-corrected chi connectivity index (χ3v) is 3.13. The van der Waals surface area contributed by atoms with Crippen molar-refractivity contribution in [3.63, 3.8) is 0 Å². The van der Waals surface area contributed by atoms with E-state index in [-0.39, 0.29) is 30.8 Å². The number of hydrogen-bond acceptors (Lipinski definition) is 4. The summed E-state index contributed by atoms with van der Waals surface area (Å²) in [5, 5.41) is 17.0. The van der Waals surface area contributed by atoms with Crippen LogP contribution in [0.2, 0.25) is 0 Å². The van der Waals surface area contributed by atoms with E-state index in [0.717, 1.165) is 0 Å². The molecule has 0 heterocycles. The molecule has 0 radical (unpaired) electrons. The summed E-state index contributed by atoms with van der Waals surface area (Å²) in [5.41, 5.74) is 0.940. The summed E-state index contributed by atoms with van der Waals surface area (Å²) < 4.78 is 0. The molecule has 0 bridgehead atoms. The topological polar surface area (TPSA) is 108 Å². The van der Waals surface area contributed by atoms with Gasteiger partial charge in [0.1, 0.15) is 6.04 Å². The Labute approximate surface area is 147 Å². The molecule has 1 unspecified atom stereocenters. The Balaban J connectivity index is 0.00000529. The Morgan fingerprint density at radius 2 is 1.92 bits per heavy atom. The van der Waals surface area contributed by atoms with E-state index in [9.17, 15) is 14.4 Å². The zero-order valence-corrected chi connectivity index (χ0v) is 14.6. The maximum Gasteiger partial charge on any atom is 0.320 e. The highest BCUT2D eigenvalue weighted by atomic mass is 35.5. The Kier molecular flexibility index (Phi) is 10.4. The van der Waals surface area contributed by atoms with E-state index in [4.69, 9.17) is 5.11 Å². The Morgan fingerprint density at radius 1 is 1.21 bits per heavy atom. The van der Waals surface area contributed by atoms with Gasteiger partial charge in [-0.25, -0.2) is 0 Å². The third-order valence-electron chi connectivity index (χ3n) is 3.13. The van der Waals surface area contributed by atoms with Crippen LogP contribution in [0, 0.1) is 0 Å². The van der Waals surface area contributed by atoms with Crippen LogP contribution >= 0.6 is 12.4 Å². The molecule has 2 amide bonds. The number of rotatable bonds is 9. The number of aliphatic carboxylic acids is 1. The van der Waals surface area contributed by atoms with Gasteiger partial charge < -0.3 is 15.7 Å². The van der Waals surface area contributed by atoms with Gasteiger partial charge in [0.2, 0.25) is 5.91 Å². The number of carbonyl (C=O) groups excluding carboxylic acids is 2. The molecule has 0 aliphatic carbocycles. The van der Waals surface area contributed by atoms with E-state index >= 15 is 0 Å². The molecule has 1 atom stereocenters. The summed E-state index contributed by atoms with van der Waals surface area (Å²) in [4.78, 5) is 34.6. The lowest BCUT2D eigenvalue weighted by molar-refractivity contribution is -0.139. The number of carboxylic acids is 1. The quantitative estimate of drug-likeness (QED) is 0.537. The molecule has 0 aliphatic heterocycles. The van der Waals surface area contributed by atoms with Crippen molar-refractivity contribution < 1.29 is 19.5 Å². The highest BCUT2D eigenvalue weighted by molar-refractivity contribution is 5.97. The summed E-state index contributed by atoms with van der Waals surface area (Å²) in [6.07, 6.45) is 1.16. The standard InChI is InChI=1S/C16H23N3O4.ClH/c1-3-6-13(16(22)23)18-10-14(20)19-12-8-5-7-11(9-12)15(21)17-4-2;/h5,7-9,13,18H,3-4,6,10H2,1-2H3,(H,17,21)(H,19,20)(H,22,23);1H. The number of anilines is 1. The monoisotopic (exact) mass is 357 g/mol. The molecule has 0 fully saturated rings. The SMILES string of the molecule is CCCC(NCC(=O)Nc1cccc(C(=O)NCC)c1)C(=O)O.Cl. The van der Waals surface area contributed by atoms with Gasteiger partial charge in [-0.2, -0.15) is 0 Å². The molecular weight excluding hydrogens is 334 g/mol. The molecule has 0 saturated heterocycles. The molecule has 0 spiro atoms. The molecule has 134 valence electrons. The van der Waals surface area contributed by atoms with E-state index < -0.39 is 12.0 Å². The van der Waals surface area contributed by atoms with Crippen molar-refractivity contribution in [2.45, 2.75) is 32.7 Å². The van der Waals surface area contributed by atoms with Crippen molar-refractivity contribution in [3.05, 3.63) is 29.8 Å². The van der Waals surface area contributed by atoms with Crippen LogP contribution < -0.4 is 16.0 Å². The first-order valence-electron chi connectivity index (χ1n) is 7.62. The average molecular weight is 358 g/mol. The molecule has 1 aromatic carbocycles. The van der Waals surface area contributed by atoms with Crippen molar-refractivity contribution in [1.29, 1.82) is 0 Å². The van der Waals surface area contributed by atoms with Gasteiger partial charge in [0, 0.05) is 17.8 Å². The minimum atomic E-state index is -0.974. The van der Waals surface area contributed by atoms with Gasteiger partial charge in [0.25, 0.3) is 5.91 Å².